The molecule has 0 saturated heterocycles. The topological polar surface area (TPSA) is 9.72 Å². The lowest BCUT2D eigenvalue weighted by Gasteiger charge is -2.28. The van der Waals surface area contributed by atoms with Gasteiger partial charge in [0.25, 0.3) is 0 Å². The van der Waals surface area contributed by atoms with Crippen LogP contribution in [0.1, 0.15) is 92.9 Å². The van der Waals surface area contributed by atoms with Gasteiger partial charge in [-0.15, -0.1) is 0 Å². The zero-order valence-electron chi connectivity index (χ0n) is 18.8. The Labute approximate surface area is 164 Å². The molecule has 3 nitrogen and oxygen atoms in total. The second-order valence-corrected chi connectivity index (χ2v) is 7.67. The van der Waals surface area contributed by atoms with Gasteiger partial charge in [0.1, 0.15) is 0 Å². The van der Waals surface area contributed by atoms with Crippen molar-refractivity contribution in [1.29, 1.82) is 0 Å². The summed E-state index contributed by atoms with van der Waals surface area (Å²) in [6.07, 6.45) is 10.9. The van der Waals surface area contributed by atoms with E-state index in [2.05, 4.69) is 56.2 Å². The van der Waals surface area contributed by atoms with E-state index >= 15 is 0 Å². The predicted molar refractivity (Wildman–Crippen MR) is 117 cm³/mol. The Kier molecular flexibility index (Phi) is 12.1. The maximum Gasteiger partial charge on any atom is 0.0939 e. The smallest absolute Gasteiger partial charge is 0.0939 e. The summed E-state index contributed by atoms with van der Waals surface area (Å²) in [5.74, 6) is 0. The first-order valence-corrected chi connectivity index (χ1v) is 11.7. The van der Waals surface area contributed by atoms with Gasteiger partial charge in [-0.05, 0) is 53.6 Å². The van der Waals surface area contributed by atoms with Crippen molar-refractivity contribution in [3.05, 3.63) is 11.4 Å². The molecule has 0 heterocycles. The number of hydrogen-bond acceptors (Lipinski definition) is 3. The Bertz CT molecular complexity index is 349. The lowest BCUT2D eigenvalue weighted by molar-refractivity contribution is 0.223. The number of nitrogens with zero attached hydrogens (tertiary/aromatic N) is 3. The maximum atomic E-state index is 2.81. The van der Waals surface area contributed by atoms with E-state index in [1.165, 1.54) is 64.5 Å². The number of hydrogen-bond donors (Lipinski definition) is 0. The van der Waals surface area contributed by atoms with Gasteiger partial charge in [0.05, 0.1) is 17.4 Å². The Morgan fingerprint density at radius 1 is 0.538 bits per heavy atom. The molecule has 0 amide bonds. The fourth-order valence-corrected chi connectivity index (χ4v) is 4.19. The van der Waals surface area contributed by atoms with Gasteiger partial charge in [-0.25, -0.2) is 0 Å². The van der Waals surface area contributed by atoms with Gasteiger partial charge >= 0.3 is 0 Å². The largest absolute Gasteiger partial charge is 0.372 e. The molecule has 0 bridgehead atoms. The van der Waals surface area contributed by atoms with E-state index in [-0.39, 0.29) is 0 Å². The summed E-state index contributed by atoms with van der Waals surface area (Å²) in [6, 6.07) is 0.595. The van der Waals surface area contributed by atoms with Crippen LogP contribution < -0.4 is 0 Å². The van der Waals surface area contributed by atoms with Crippen LogP contribution in [0.3, 0.4) is 0 Å². The second kappa shape index (κ2) is 13.5. The van der Waals surface area contributed by atoms with Crippen LogP contribution >= 0.6 is 0 Å². The second-order valence-electron chi connectivity index (χ2n) is 7.67. The van der Waals surface area contributed by atoms with E-state index in [0.29, 0.717) is 6.04 Å². The Balaban J connectivity index is 2.80. The van der Waals surface area contributed by atoms with Crippen molar-refractivity contribution in [1.82, 2.24) is 14.7 Å². The lowest BCUT2D eigenvalue weighted by atomic mass is 10.1. The molecule has 3 heteroatoms. The Morgan fingerprint density at radius 2 is 0.923 bits per heavy atom. The summed E-state index contributed by atoms with van der Waals surface area (Å²) in [5, 5.41) is 0. The third-order valence-electron chi connectivity index (χ3n) is 5.87. The fourth-order valence-electron chi connectivity index (χ4n) is 4.19. The average molecular weight is 366 g/mol. The molecule has 1 rings (SSSR count). The van der Waals surface area contributed by atoms with Crippen LogP contribution in [-0.2, 0) is 0 Å². The molecule has 0 aliphatic heterocycles. The molecule has 1 aliphatic rings. The van der Waals surface area contributed by atoms with Crippen LogP contribution in [-0.4, -0.2) is 60.0 Å². The number of likely N-dealkylation sites (N-methyl/N-ethyl adjacent to an activating group) is 2. The first kappa shape index (κ1) is 23.3. The molecule has 0 N–H and O–H groups in total. The molecule has 0 spiro atoms. The van der Waals surface area contributed by atoms with Gasteiger partial charge in [-0.2, -0.15) is 0 Å². The average Bonchev–Trinajstić information content (AvgIpc) is 3.37. The van der Waals surface area contributed by atoms with Crippen LogP contribution in [0.25, 0.3) is 0 Å². The van der Waals surface area contributed by atoms with E-state index < -0.39 is 0 Å². The molecule has 0 saturated carbocycles. The molecule has 26 heavy (non-hydrogen) atoms. The van der Waals surface area contributed by atoms with Crippen LogP contribution in [0, 0.1) is 0 Å². The Morgan fingerprint density at radius 3 is 1.23 bits per heavy atom. The third-order valence-corrected chi connectivity index (χ3v) is 5.87. The van der Waals surface area contributed by atoms with E-state index in [1.807, 2.05) is 0 Å². The van der Waals surface area contributed by atoms with Crippen molar-refractivity contribution in [2.45, 2.75) is 99.0 Å². The summed E-state index contributed by atoms with van der Waals surface area (Å²) in [5.41, 5.74) is 3.26. The molecule has 0 atom stereocenters. The van der Waals surface area contributed by atoms with Gasteiger partial charge < -0.3 is 9.80 Å². The van der Waals surface area contributed by atoms with Gasteiger partial charge in [0.15, 0.2) is 0 Å². The quantitative estimate of drug-likeness (QED) is 0.305. The first-order valence-electron chi connectivity index (χ1n) is 11.7. The zero-order valence-corrected chi connectivity index (χ0v) is 18.8. The molecule has 0 radical (unpaired) electrons. The van der Waals surface area contributed by atoms with E-state index in [4.69, 9.17) is 0 Å². The summed E-state index contributed by atoms with van der Waals surface area (Å²) >= 11 is 0. The molecule has 0 aromatic carbocycles. The van der Waals surface area contributed by atoms with Crippen LogP contribution in [0.4, 0.5) is 0 Å². The summed E-state index contributed by atoms with van der Waals surface area (Å²) in [6.45, 7) is 20.9. The molecule has 0 aromatic heterocycles. The maximum absolute atomic E-state index is 2.81. The normalized spacial score (nSPS) is 14.4. The molecule has 0 fully saturated rings. The SMILES string of the molecule is CCCCCCN(CCCCCC)C1C(N(CC)CC)=C1N(CC)CC. The zero-order chi connectivity index (χ0) is 19.4. The third kappa shape index (κ3) is 6.79. The fraction of sp³-hybridized carbons (Fsp3) is 0.913. The van der Waals surface area contributed by atoms with Crippen LogP contribution in [0.15, 0.2) is 11.4 Å². The van der Waals surface area contributed by atoms with E-state index in [0.717, 1.165) is 26.2 Å². The van der Waals surface area contributed by atoms with Crippen molar-refractivity contribution in [3.63, 3.8) is 0 Å². The van der Waals surface area contributed by atoms with Gasteiger partial charge in [0.2, 0.25) is 0 Å². The number of unbranched alkanes of at least 4 members (excludes halogenated alkanes) is 6. The molecular formula is C23H47N3. The van der Waals surface area contributed by atoms with Gasteiger partial charge in [-0.1, -0.05) is 52.4 Å². The highest BCUT2D eigenvalue weighted by molar-refractivity contribution is 5.44. The molecule has 0 aromatic rings. The van der Waals surface area contributed by atoms with E-state index in [9.17, 15) is 0 Å². The van der Waals surface area contributed by atoms with Crippen molar-refractivity contribution in [3.8, 4) is 0 Å². The first-order chi connectivity index (χ1) is 12.7. The van der Waals surface area contributed by atoms with Gasteiger partial charge in [0, 0.05) is 26.2 Å². The standard InChI is InChI=1S/C23H47N3/c1-7-13-15-17-19-26(20-18-16-14-8-2)23-21(24(9-3)10-4)22(23)25(11-5)12-6/h23H,7-20H2,1-6H3. The van der Waals surface area contributed by atoms with Crippen molar-refractivity contribution < 1.29 is 0 Å². The minimum Gasteiger partial charge on any atom is -0.372 e. The highest BCUT2D eigenvalue weighted by Crippen LogP contribution is 2.41. The lowest BCUT2D eigenvalue weighted by Crippen LogP contribution is -2.36. The highest BCUT2D eigenvalue weighted by Gasteiger charge is 2.45. The van der Waals surface area contributed by atoms with Crippen molar-refractivity contribution in [2.75, 3.05) is 39.3 Å². The van der Waals surface area contributed by atoms with Crippen molar-refractivity contribution in [2.24, 2.45) is 0 Å². The molecule has 154 valence electrons. The predicted octanol–water partition coefficient (Wildman–Crippen LogP) is 5.73. The molecule has 1 aliphatic carbocycles. The van der Waals surface area contributed by atoms with Gasteiger partial charge in [-0.3, -0.25) is 4.90 Å². The van der Waals surface area contributed by atoms with Crippen molar-refractivity contribution >= 4 is 0 Å². The summed E-state index contributed by atoms with van der Waals surface area (Å²) in [4.78, 5) is 8.01. The van der Waals surface area contributed by atoms with Crippen LogP contribution in [0.2, 0.25) is 0 Å². The minimum absolute atomic E-state index is 0.595. The molecular weight excluding hydrogens is 318 g/mol. The number of rotatable bonds is 17. The van der Waals surface area contributed by atoms with E-state index in [1.54, 1.807) is 11.4 Å². The monoisotopic (exact) mass is 365 g/mol. The van der Waals surface area contributed by atoms with Crippen LogP contribution in [0.5, 0.6) is 0 Å². The summed E-state index contributed by atoms with van der Waals surface area (Å²) in [7, 11) is 0. The Hall–Kier alpha value is -0.700. The minimum atomic E-state index is 0.595. The summed E-state index contributed by atoms with van der Waals surface area (Å²) < 4.78 is 0. The molecule has 0 unspecified atom stereocenters. The highest BCUT2D eigenvalue weighted by atomic mass is 15.3.